The van der Waals surface area contributed by atoms with Crippen molar-refractivity contribution in [2.75, 3.05) is 6.54 Å². The molecule has 0 radical (unpaired) electrons. The smallest absolute Gasteiger partial charge is 0.352 e. The fraction of sp³-hybridized carbons (Fsp3) is 0.158. The summed E-state index contributed by atoms with van der Waals surface area (Å²) in [6.07, 6.45) is -4.60. The Morgan fingerprint density at radius 2 is 1.81 bits per heavy atom. The van der Waals surface area contributed by atoms with E-state index in [0.717, 1.165) is 10.7 Å². The first kappa shape index (κ1) is 19.0. The van der Waals surface area contributed by atoms with E-state index in [-0.39, 0.29) is 16.6 Å². The van der Waals surface area contributed by atoms with Gasteiger partial charge < -0.3 is 5.32 Å². The van der Waals surface area contributed by atoms with Gasteiger partial charge in [0.15, 0.2) is 5.69 Å². The molecule has 0 aliphatic carbocycles. The molecule has 1 heterocycles. The molecule has 140 valence electrons. The molecule has 8 heteroatoms. The van der Waals surface area contributed by atoms with E-state index < -0.39 is 11.9 Å². The topological polar surface area (TPSA) is 46.9 Å². The highest BCUT2D eigenvalue weighted by atomic mass is 35.5. The number of nitrogens with one attached hydrogen (secondary N) is 1. The second-order valence-electron chi connectivity index (χ2n) is 5.71. The van der Waals surface area contributed by atoms with Crippen LogP contribution in [-0.4, -0.2) is 22.2 Å². The number of nitrogens with zero attached hydrogens (tertiary/aromatic N) is 2. The number of amides is 1. The zero-order chi connectivity index (χ0) is 19.6. The van der Waals surface area contributed by atoms with Crippen molar-refractivity contribution in [2.24, 2.45) is 0 Å². The Bertz CT molecular complexity index is 965. The first-order valence-corrected chi connectivity index (χ1v) is 8.50. The van der Waals surface area contributed by atoms with Crippen LogP contribution in [0.25, 0.3) is 16.9 Å². The predicted octanol–water partition coefficient (Wildman–Crippen LogP) is 4.96. The lowest BCUT2D eigenvalue weighted by Crippen LogP contribution is -2.22. The molecule has 1 N–H and O–H groups in total. The standard InChI is InChI=1S/C19H15ClF3N3O/c1-2-24-18(27)13-9-7-12(8-10-13)16-11-17(19(21,22)23)25-26(16)15-6-4-3-5-14(15)20/h3-11H,2H2,1H3,(H,24,27). The van der Waals surface area contributed by atoms with Gasteiger partial charge in [0.05, 0.1) is 16.4 Å². The van der Waals surface area contributed by atoms with Crippen LogP contribution >= 0.6 is 11.6 Å². The maximum absolute atomic E-state index is 13.2. The summed E-state index contributed by atoms with van der Waals surface area (Å²) in [5.74, 6) is -0.250. The summed E-state index contributed by atoms with van der Waals surface area (Å²) in [6, 6.07) is 13.7. The van der Waals surface area contributed by atoms with E-state index in [0.29, 0.717) is 23.4 Å². The minimum Gasteiger partial charge on any atom is -0.352 e. The third kappa shape index (κ3) is 3.98. The fourth-order valence-corrected chi connectivity index (χ4v) is 2.80. The molecular formula is C19H15ClF3N3O. The van der Waals surface area contributed by atoms with Crippen LogP contribution in [-0.2, 0) is 6.18 Å². The summed E-state index contributed by atoms with van der Waals surface area (Å²) >= 11 is 6.15. The summed E-state index contributed by atoms with van der Waals surface area (Å²) < 4.78 is 40.8. The van der Waals surface area contributed by atoms with E-state index in [1.54, 1.807) is 55.5 Å². The van der Waals surface area contributed by atoms with Gasteiger partial charge >= 0.3 is 6.18 Å². The van der Waals surface area contributed by atoms with Crippen molar-refractivity contribution in [1.29, 1.82) is 0 Å². The average molecular weight is 394 g/mol. The van der Waals surface area contributed by atoms with E-state index in [1.807, 2.05) is 0 Å². The number of rotatable bonds is 4. The van der Waals surface area contributed by atoms with Crippen LogP contribution in [0.15, 0.2) is 54.6 Å². The molecule has 0 unspecified atom stereocenters. The molecule has 3 rings (SSSR count). The van der Waals surface area contributed by atoms with Crippen LogP contribution in [0.1, 0.15) is 23.0 Å². The van der Waals surface area contributed by atoms with Crippen molar-refractivity contribution in [1.82, 2.24) is 15.1 Å². The summed E-state index contributed by atoms with van der Waals surface area (Å²) in [5.41, 5.74) is 0.423. The molecule has 0 aliphatic rings. The van der Waals surface area contributed by atoms with Gasteiger partial charge in [-0.05, 0) is 37.3 Å². The number of benzene rings is 2. The van der Waals surface area contributed by atoms with Crippen LogP contribution in [0.5, 0.6) is 0 Å². The summed E-state index contributed by atoms with van der Waals surface area (Å²) in [5, 5.41) is 6.64. The van der Waals surface area contributed by atoms with Gasteiger partial charge in [0.25, 0.3) is 5.91 Å². The molecule has 0 spiro atoms. The van der Waals surface area contributed by atoms with Crippen molar-refractivity contribution in [2.45, 2.75) is 13.1 Å². The predicted molar refractivity (Wildman–Crippen MR) is 97.0 cm³/mol. The third-order valence-electron chi connectivity index (χ3n) is 3.86. The second-order valence-corrected chi connectivity index (χ2v) is 6.12. The molecule has 0 atom stereocenters. The quantitative estimate of drug-likeness (QED) is 0.681. The number of carbonyl (C=O) groups is 1. The van der Waals surface area contributed by atoms with Crippen molar-refractivity contribution in [3.8, 4) is 16.9 Å². The highest BCUT2D eigenvalue weighted by Crippen LogP contribution is 2.34. The Hall–Kier alpha value is -2.80. The monoisotopic (exact) mass is 393 g/mol. The number of hydrogen-bond acceptors (Lipinski definition) is 2. The molecule has 3 aromatic rings. The molecule has 2 aromatic carbocycles. The molecule has 1 amide bonds. The zero-order valence-electron chi connectivity index (χ0n) is 14.2. The molecule has 0 bridgehead atoms. The van der Waals surface area contributed by atoms with Crippen LogP contribution < -0.4 is 5.32 Å². The van der Waals surface area contributed by atoms with E-state index in [4.69, 9.17) is 11.6 Å². The Balaban J connectivity index is 2.10. The number of alkyl halides is 3. The average Bonchev–Trinajstić information content (AvgIpc) is 3.08. The van der Waals surface area contributed by atoms with Crippen molar-refractivity contribution in [3.05, 3.63) is 70.9 Å². The summed E-state index contributed by atoms with van der Waals surface area (Å²) in [6.45, 7) is 2.28. The molecular weight excluding hydrogens is 379 g/mol. The lowest BCUT2D eigenvalue weighted by molar-refractivity contribution is -0.141. The molecule has 0 fully saturated rings. The minimum absolute atomic E-state index is 0.220. The molecule has 4 nitrogen and oxygen atoms in total. The van der Waals surface area contributed by atoms with E-state index >= 15 is 0 Å². The SMILES string of the molecule is CCNC(=O)c1ccc(-c2cc(C(F)(F)F)nn2-c2ccccc2Cl)cc1. The van der Waals surface area contributed by atoms with Gasteiger partial charge in [-0.3, -0.25) is 4.79 Å². The van der Waals surface area contributed by atoms with Gasteiger partial charge in [-0.25, -0.2) is 4.68 Å². The van der Waals surface area contributed by atoms with Gasteiger partial charge in [-0.1, -0.05) is 35.9 Å². The molecule has 1 aromatic heterocycles. The molecule has 0 saturated heterocycles. The Kier molecular flexibility index (Phi) is 5.23. The Morgan fingerprint density at radius 1 is 1.15 bits per heavy atom. The van der Waals surface area contributed by atoms with Crippen LogP contribution in [0.3, 0.4) is 0 Å². The van der Waals surface area contributed by atoms with Crippen molar-refractivity contribution >= 4 is 17.5 Å². The van der Waals surface area contributed by atoms with Gasteiger partial charge in [0.2, 0.25) is 0 Å². The largest absolute Gasteiger partial charge is 0.435 e. The van der Waals surface area contributed by atoms with Gasteiger partial charge in [-0.15, -0.1) is 0 Å². The fourth-order valence-electron chi connectivity index (χ4n) is 2.59. The van der Waals surface area contributed by atoms with Crippen molar-refractivity contribution < 1.29 is 18.0 Å². The number of hydrogen-bond donors (Lipinski definition) is 1. The first-order valence-electron chi connectivity index (χ1n) is 8.12. The van der Waals surface area contributed by atoms with Gasteiger partial charge in [0, 0.05) is 17.7 Å². The van der Waals surface area contributed by atoms with Crippen molar-refractivity contribution in [3.63, 3.8) is 0 Å². The van der Waals surface area contributed by atoms with E-state index in [2.05, 4.69) is 10.4 Å². The lowest BCUT2D eigenvalue weighted by atomic mass is 10.1. The molecule has 0 saturated carbocycles. The Labute approximate surface area is 158 Å². The second kappa shape index (κ2) is 7.44. The Morgan fingerprint density at radius 3 is 2.41 bits per heavy atom. The highest BCUT2D eigenvalue weighted by molar-refractivity contribution is 6.32. The number of carbonyl (C=O) groups excluding carboxylic acids is 1. The molecule has 27 heavy (non-hydrogen) atoms. The number of halogens is 4. The van der Waals surface area contributed by atoms with E-state index in [1.165, 1.54) is 0 Å². The summed E-state index contributed by atoms with van der Waals surface area (Å²) in [4.78, 5) is 11.9. The highest BCUT2D eigenvalue weighted by Gasteiger charge is 2.35. The normalized spacial score (nSPS) is 11.4. The maximum atomic E-state index is 13.2. The molecule has 0 aliphatic heterocycles. The van der Waals surface area contributed by atoms with Crippen LogP contribution in [0, 0.1) is 0 Å². The maximum Gasteiger partial charge on any atom is 0.435 e. The lowest BCUT2D eigenvalue weighted by Gasteiger charge is -2.10. The van der Waals surface area contributed by atoms with Crippen LogP contribution in [0.4, 0.5) is 13.2 Å². The van der Waals surface area contributed by atoms with Crippen LogP contribution in [0.2, 0.25) is 5.02 Å². The minimum atomic E-state index is -4.60. The first-order chi connectivity index (χ1) is 12.8. The van der Waals surface area contributed by atoms with Gasteiger partial charge in [-0.2, -0.15) is 18.3 Å². The number of aromatic nitrogens is 2. The van der Waals surface area contributed by atoms with Gasteiger partial charge in [0.1, 0.15) is 0 Å². The zero-order valence-corrected chi connectivity index (χ0v) is 15.0. The number of para-hydroxylation sites is 1. The van der Waals surface area contributed by atoms with E-state index in [9.17, 15) is 18.0 Å². The third-order valence-corrected chi connectivity index (χ3v) is 4.18. The summed E-state index contributed by atoms with van der Waals surface area (Å²) in [7, 11) is 0.